The first-order valence-electron chi connectivity index (χ1n) is 6.39. The Labute approximate surface area is 124 Å². The van der Waals surface area contributed by atoms with Gasteiger partial charge in [-0.3, -0.25) is 4.79 Å². The number of pyridine rings is 1. The highest BCUT2D eigenvalue weighted by Gasteiger charge is 2.34. The minimum absolute atomic E-state index is 0.0972. The van der Waals surface area contributed by atoms with E-state index in [1.54, 1.807) is 4.90 Å². The largest absolute Gasteiger partial charge is 0.481 e. The topological polar surface area (TPSA) is 53.4 Å². The molecule has 2 atom stereocenters. The fraction of sp³-hybridized carbons (Fsp3) is 0.538. The highest BCUT2D eigenvalue weighted by molar-refractivity contribution is 6.33. The van der Waals surface area contributed by atoms with Gasteiger partial charge in [0.2, 0.25) is 0 Å². The van der Waals surface area contributed by atoms with Gasteiger partial charge in [-0.2, -0.15) is 13.2 Å². The van der Waals surface area contributed by atoms with Crippen molar-refractivity contribution in [2.45, 2.75) is 19.5 Å². The van der Waals surface area contributed by atoms with Gasteiger partial charge < -0.3 is 10.0 Å². The summed E-state index contributed by atoms with van der Waals surface area (Å²) in [6.45, 7) is 2.60. The van der Waals surface area contributed by atoms with Crippen LogP contribution in [0.2, 0.25) is 5.02 Å². The number of hydrogen-bond donors (Lipinski definition) is 1. The van der Waals surface area contributed by atoms with Crippen molar-refractivity contribution in [2.24, 2.45) is 11.8 Å². The van der Waals surface area contributed by atoms with Crippen LogP contribution in [0, 0.1) is 11.8 Å². The van der Waals surface area contributed by atoms with E-state index in [-0.39, 0.29) is 23.3 Å². The van der Waals surface area contributed by atoms with E-state index in [0.717, 1.165) is 12.3 Å². The van der Waals surface area contributed by atoms with Gasteiger partial charge in [-0.05, 0) is 18.4 Å². The zero-order valence-electron chi connectivity index (χ0n) is 11.2. The Morgan fingerprint density at radius 1 is 1.48 bits per heavy atom. The van der Waals surface area contributed by atoms with Crippen LogP contribution < -0.4 is 4.90 Å². The van der Waals surface area contributed by atoms with E-state index in [1.165, 1.54) is 0 Å². The molecular weight excluding hydrogens is 309 g/mol. The third-order valence-electron chi connectivity index (χ3n) is 3.46. The smallest absolute Gasteiger partial charge is 0.417 e. The summed E-state index contributed by atoms with van der Waals surface area (Å²) in [5.41, 5.74) is -0.920. The molecule has 0 radical (unpaired) electrons. The second kappa shape index (κ2) is 5.71. The van der Waals surface area contributed by atoms with Gasteiger partial charge in [0.1, 0.15) is 5.82 Å². The van der Waals surface area contributed by atoms with Crippen LogP contribution in [0.1, 0.15) is 18.9 Å². The molecule has 2 unspecified atom stereocenters. The molecule has 0 aromatic carbocycles. The number of aliphatic carboxylic acids is 1. The van der Waals surface area contributed by atoms with Gasteiger partial charge in [0, 0.05) is 19.3 Å². The maximum absolute atomic E-state index is 12.6. The lowest BCUT2D eigenvalue weighted by Gasteiger charge is -2.35. The predicted molar refractivity (Wildman–Crippen MR) is 71.4 cm³/mol. The van der Waals surface area contributed by atoms with E-state index >= 15 is 0 Å². The van der Waals surface area contributed by atoms with Crippen LogP contribution in [-0.2, 0) is 11.0 Å². The summed E-state index contributed by atoms with van der Waals surface area (Å²) in [6, 6.07) is 0.818. The van der Waals surface area contributed by atoms with Crippen molar-refractivity contribution in [3.8, 4) is 0 Å². The fourth-order valence-corrected chi connectivity index (χ4v) is 2.81. The number of aromatic nitrogens is 1. The molecule has 0 amide bonds. The predicted octanol–water partition coefficient (Wildman–Crippen LogP) is 3.30. The van der Waals surface area contributed by atoms with Gasteiger partial charge >= 0.3 is 12.1 Å². The van der Waals surface area contributed by atoms with Gasteiger partial charge in [-0.15, -0.1) is 0 Å². The number of anilines is 1. The van der Waals surface area contributed by atoms with Crippen LogP contribution in [-0.4, -0.2) is 29.1 Å². The normalized spacial score (nSPS) is 23.2. The summed E-state index contributed by atoms with van der Waals surface area (Å²) in [6.07, 6.45) is -3.26. The molecule has 1 fully saturated rings. The quantitative estimate of drug-likeness (QED) is 0.907. The Morgan fingerprint density at radius 2 is 2.14 bits per heavy atom. The number of piperidine rings is 1. The number of nitrogens with zero attached hydrogens (tertiary/aromatic N) is 2. The molecule has 21 heavy (non-hydrogen) atoms. The summed E-state index contributed by atoms with van der Waals surface area (Å²) < 4.78 is 37.7. The lowest BCUT2D eigenvalue weighted by molar-refractivity contribution is -0.142. The Balaban J connectivity index is 2.27. The zero-order valence-corrected chi connectivity index (χ0v) is 11.9. The van der Waals surface area contributed by atoms with Crippen LogP contribution in [0.5, 0.6) is 0 Å². The molecule has 0 aliphatic carbocycles. The number of alkyl halides is 3. The number of rotatable bonds is 2. The molecule has 2 rings (SSSR count). The first kappa shape index (κ1) is 15.9. The number of hydrogen-bond acceptors (Lipinski definition) is 3. The molecule has 4 nitrogen and oxygen atoms in total. The molecular formula is C13H14ClF3N2O2. The Morgan fingerprint density at radius 3 is 2.67 bits per heavy atom. The van der Waals surface area contributed by atoms with Crippen molar-refractivity contribution in [3.63, 3.8) is 0 Å². The van der Waals surface area contributed by atoms with E-state index in [2.05, 4.69) is 4.98 Å². The molecule has 1 aliphatic rings. The Hall–Kier alpha value is -1.50. The van der Waals surface area contributed by atoms with Crippen LogP contribution in [0.3, 0.4) is 0 Å². The standard InChI is InChI=1S/C13H14ClF3N2O2/c1-7-2-8(12(20)21)6-19(5-7)11-10(14)3-9(4-18-11)13(15,16)17/h3-4,7-8H,2,5-6H2,1H3,(H,20,21). The molecule has 2 heterocycles. The van der Waals surface area contributed by atoms with Crippen molar-refractivity contribution >= 4 is 23.4 Å². The van der Waals surface area contributed by atoms with E-state index in [1.807, 2.05) is 6.92 Å². The van der Waals surface area contributed by atoms with Gasteiger partial charge in [0.05, 0.1) is 16.5 Å². The van der Waals surface area contributed by atoms with E-state index in [9.17, 15) is 18.0 Å². The van der Waals surface area contributed by atoms with Crippen molar-refractivity contribution in [1.82, 2.24) is 4.98 Å². The zero-order chi connectivity index (χ0) is 15.8. The summed E-state index contributed by atoms with van der Waals surface area (Å²) in [5, 5.41) is 8.99. The molecule has 8 heteroatoms. The highest BCUT2D eigenvalue weighted by Crippen LogP contribution is 2.35. The average molecular weight is 323 g/mol. The third kappa shape index (κ3) is 3.58. The first-order valence-corrected chi connectivity index (χ1v) is 6.76. The molecule has 1 aromatic heterocycles. The lowest BCUT2D eigenvalue weighted by atomic mass is 9.90. The third-order valence-corrected chi connectivity index (χ3v) is 3.74. The fourth-order valence-electron chi connectivity index (χ4n) is 2.52. The Kier molecular flexibility index (Phi) is 4.32. The van der Waals surface area contributed by atoms with Crippen molar-refractivity contribution in [2.75, 3.05) is 18.0 Å². The van der Waals surface area contributed by atoms with E-state index in [0.29, 0.717) is 13.0 Å². The molecule has 116 valence electrons. The number of carbonyl (C=O) groups is 1. The number of carboxylic acid groups (broad SMARTS) is 1. The summed E-state index contributed by atoms with van der Waals surface area (Å²) in [4.78, 5) is 16.5. The SMILES string of the molecule is CC1CC(C(=O)O)CN(c2ncc(C(F)(F)F)cc2Cl)C1. The first-order chi connectivity index (χ1) is 9.68. The molecule has 1 aliphatic heterocycles. The molecule has 1 saturated heterocycles. The van der Waals surface area contributed by atoms with Crippen LogP contribution in [0.25, 0.3) is 0 Å². The second-order valence-corrected chi connectivity index (χ2v) is 5.72. The lowest BCUT2D eigenvalue weighted by Crippen LogP contribution is -2.43. The number of halogens is 4. The monoisotopic (exact) mass is 322 g/mol. The van der Waals surface area contributed by atoms with Gasteiger partial charge in [0.25, 0.3) is 0 Å². The Bertz CT molecular complexity index is 551. The van der Waals surface area contributed by atoms with Crippen LogP contribution >= 0.6 is 11.6 Å². The second-order valence-electron chi connectivity index (χ2n) is 5.31. The van der Waals surface area contributed by atoms with Gasteiger partial charge in [-0.25, -0.2) is 4.98 Å². The summed E-state index contributed by atoms with van der Waals surface area (Å²) >= 11 is 5.89. The van der Waals surface area contributed by atoms with Crippen LogP contribution in [0.4, 0.5) is 19.0 Å². The van der Waals surface area contributed by atoms with Gasteiger partial charge in [0.15, 0.2) is 0 Å². The summed E-state index contributed by atoms with van der Waals surface area (Å²) in [7, 11) is 0. The maximum Gasteiger partial charge on any atom is 0.417 e. The summed E-state index contributed by atoms with van der Waals surface area (Å²) in [5.74, 6) is -1.20. The van der Waals surface area contributed by atoms with Crippen LogP contribution in [0.15, 0.2) is 12.3 Å². The maximum atomic E-state index is 12.6. The van der Waals surface area contributed by atoms with Crippen molar-refractivity contribution < 1.29 is 23.1 Å². The minimum Gasteiger partial charge on any atom is -0.481 e. The molecule has 0 bridgehead atoms. The van der Waals surface area contributed by atoms with E-state index in [4.69, 9.17) is 16.7 Å². The minimum atomic E-state index is -4.51. The van der Waals surface area contributed by atoms with Gasteiger partial charge in [-0.1, -0.05) is 18.5 Å². The average Bonchev–Trinajstić information content (AvgIpc) is 2.36. The molecule has 0 saturated carbocycles. The molecule has 1 aromatic rings. The van der Waals surface area contributed by atoms with Crippen molar-refractivity contribution in [3.05, 3.63) is 22.8 Å². The number of carboxylic acids is 1. The molecule has 0 spiro atoms. The molecule has 1 N–H and O–H groups in total. The highest BCUT2D eigenvalue weighted by atomic mass is 35.5. The van der Waals surface area contributed by atoms with Crippen molar-refractivity contribution in [1.29, 1.82) is 0 Å². The van der Waals surface area contributed by atoms with E-state index < -0.39 is 23.6 Å².